The van der Waals surface area contributed by atoms with Gasteiger partial charge < -0.3 is 5.32 Å². The third-order valence-electron chi connectivity index (χ3n) is 1.50. The van der Waals surface area contributed by atoms with Crippen LogP contribution in [0.5, 0.6) is 0 Å². The van der Waals surface area contributed by atoms with Crippen molar-refractivity contribution in [2.24, 2.45) is 4.99 Å². The molecule has 2 nitrogen and oxygen atoms in total. The maximum absolute atomic E-state index is 4.06. The van der Waals surface area contributed by atoms with Crippen LogP contribution in [0.3, 0.4) is 0 Å². The van der Waals surface area contributed by atoms with E-state index in [2.05, 4.69) is 30.4 Å². The Balaban J connectivity index is 3.17. The van der Waals surface area contributed by atoms with Crippen LogP contribution >= 0.6 is 0 Å². The highest BCUT2D eigenvalue weighted by atomic mass is 14.9. The Hall–Kier alpha value is -0.890. The van der Waals surface area contributed by atoms with Crippen LogP contribution in [0, 0.1) is 0 Å². The largest absolute Gasteiger partial charge is 0.312 e. The van der Waals surface area contributed by atoms with E-state index in [1.54, 1.807) is 0 Å². The molecule has 0 radical (unpaired) electrons. The van der Waals surface area contributed by atoms with Crippen LogP contribution in [-0.2, 0) is 0 Å². The summed E-state index contributed by atoms with van der Waals surface area (Å²) in [5.74, 6) is 0. The summed E-state index contributed by atoms with van der Waals surface area (Å²) in [6.45, 7) is 13.3. The second kappa shape index (κ2) is 7.74. The van der Waals surface area contributed by atoms with E-state index in [0.29, 0.717) is 0 Å². The minimum Gasteiger partial charge on any atom is -0.312 e. The van der Waals surface area contributed by atoms with E-state index in [1.807, 2.05) is 13.1 Å². The van der Waals surface area contributed by atoms with Gasteiger partial charge in [0.25, 0.3) is 0 Å². The molecule has 0 bridgehead atoms. The molecule has 0 aromatic rings. The van der Waals surface area contributed by atoms with Crippen molar-refractivity contribution in [3.05, 3.63) is 24.4 Å². The normalized spacial score (nSPS) is 10.6. The predicted octanol–water partition coefficient (Wildman–Crippen LogP) is 2.54. The number of rotatable bonds is 7. The molecule has 0 rings (SSSR count). The van der Waals surface area contributed by atoms with Gasteiger partial charge in [-0.05, 0) is 33.2 Å². The maximum Gasteiger partial charge on any atom is 0.0309 e. The van der Waals surface area contributed by atoms with Crippen LogP contribution in [0.15, 0.2) is 29.4 Å². The molecule has 2 heteroatoms. The summed E-state index contributed by atoms with van der Waals surface area (Å²) < 4.78 is 0. The maximum atomic E-state index is 4.06. The first kappa shape index (κ1) is 12.1. The van der Waals surface area contributed by atoms with E-state index in [9.17, 15) is 0 Å². The highest BCUT2D eigenvalue weighted by Gasteiger charge is 1.87. The Bertz CT molecular complexity index is 192. The smallest absolute Gasteiger partial charge is 0.0309 e. The van der Waals surface area contributed by atoms with Gasteiger partial charge in [0.2, 0.25) is 0 Å². The van der Waals surface area contributed by atoms with Gasteiger partial charge in [0.1, 0.15) is 0 Å². The van der Waals surface area contributed by atoms with E-state index >= 15 is 0 Å². The van der Waals surface area contributed by atoms with Gasteiger partial charge in [0, 0.05) is 18.5 Å². The van der Waals surface area contributed by atoms with Crippen LogP contribution in [0.4, 0.5) is 0 Å². The lowest BCUT2D eigenvalue weighted by atomic mass is 10.2. The average molecular weight is 180 g/mol. The van der Waals surface area contributed by atoms with Crippen LogP contribution in [0.2, 0.25) is 0 Å². The minimum absolute atomic E-state index is 0.822. The van der Waals surface area contributed by atoms with Crippen molar-refractivity contribution in [2.75, 3.05) is 13.1 Å². The van der Waals surface area contributed by atoms with Gasteiger partial charge in [-0.1, -0.05) is 12.2 Å². The zero-order valence-corrected chi connectivity index (χ0v) is 8.77. The lowest BCUT2D eigenvalue weighted by Gasteiger charge is -2.00. The van der Waals surface area contributed by atoms with Crippen LogP contribution in [-0.4, -0.2) is 19.3 Å². The van der Waals surface area contributed by atoms with Crippen molar-refractivity contribution < 1.29 is 0 Å². The molecule has 0 aromatic carbocycles. The molecule has 0 saturated heterocycles. The summed E-state index contributed by atoms with van der Waals surface area (Å²) in [4.78, 5) is 4.06. The zero-order valence-electron chi connectivity index (χ0n) is 8.77. The molecule has 1 N–H and O–H groups in total. The van der Waals surface area contributed by atoms with E-state index in [-0.39, 0.29) is 0 Å². The van der Waals surface area contributed by atoms with Crippen molar-refractivity contribution in [3.63, 3.8) is 0 Å². The molecule has 0 aliphatic rings. The molecule has 74 valence electrons. The summed E-state index contributed by atoms with van der Waals surface area (Å²) in [7, 11) is 0. The lowest BCUT2D eigenvalue weighted by molar-refractivity contribution is 0.702. The first-order chi connectivity index (χ1) is 6.13. The van der Waals surface area contributed by atoms with Gasteiger partial charge in [-0.3, -0.25) is 4.99 Å². The van der Waals surface area contributed by atoms with Crippen molar-refractivity contribution in [3.8, 4) is 0 Å². The van der Waals surface area contributed by atoms with E-state index in [4.69, 9.17) is 0 Å². The fourth-order valence-electron chi connectivity index (χ4n) is 0.883. The Labute approximate surface area is 81.5 Å². The van der Waals surface area contributed by atoms with Crippen molar-refractivity contribution in [1.82, 2.24) is 5.32 Å². The summed E-state index contributed by atoms with van der Waals surface area (Å²) in [5.41, 5.74) is 2.10. The third kappa shape index (κ3) is 11.1. The van der Waals surface area contributed by atoms with Gasteiger partial charge in [-0.15, -0.1) is 6.58 Å². The Kier molecular flexibility index (Phi) is 7.21. The van der Waals surface area contributed by atoms with Gasteiger partial charge >= 0.3 is 0 Å². The molecule has 0 atom stereocenters. The van der Waals surface area contributed by atoms with Crippen LogP contribution < -0.4 is 5.32 Å². The van der Waals surface area contributed by atoms with Crippen molar-refractivity contribution in [2.45, 2.75) is 26.7 Å². The molecule has 0 aliphatic carbocycles. The number of nitrogens with zero attached hydrogens (tertiary/aromatic N) is 1. The van der Waals surface area contributed by atoms with Gasteiger partial charge in [0.05, 0.1) is 0 Å². The predicted molar refractivity (Wildman–Crippen MR) is 60.2 cm³/mol. The Morgan fingerprint density at radius 1 is 1.38 bits per heavy atom. The lowest BCUT2D eigenvalue weighted by Crippen LogP contribution is -2.17. The fourth-order valence-corrected chi connectivity index (χ4v) is 0.883. The van der Waals surface area contributed by atoms with Crippen molar-refractivity contribution >= 4 is 6.21 Å². The first-order valence-corrected chi connectivity index (χ1v) is 4.66. The molecule has 0 amide bonds. The minimum atomic E-state index is 0.822. The summed E-state index contributed by atoms with van der Waals surface area (Å²) in [6.07, 6.45) is 4.10. The average Bonchev–Trinajstić information content (AvgIpc) is 2.01. The third-order valence-corrected chi connectivity index (χ3v) is 1.50. The SMILES string of the molecule is C=C(C)CCCNC/C=N/C(=C)C. The fraction of sp³-hybridized carbons (Fsp3) is 0.545. The van der Waals surface area contributed by atoms with E-state index in [0.717, 1.165) is 31.6 Å². The monoisotopic (exact) mass is 180 g/mol. The Morgan fingerprint density at radius 2 is 2.08 bits per heavy atom. The highest BCUT2D eigenvalue weighted by Crippen LogP contribution is 1.97. The summed E-state index contributed by atoms with van der Waals surface area (Å²) in [5, 5.41) is 3.26. The van der Waals surface area contributed by atoms with E-state index in [1.165, 1.54) is 5.57 Å². The van der Waals surface area contributed by atoms with Crippen LogP contribution in [0.1, 0.15) is 26.7 Å². The zero-order chi connectivity index (χ0) is 10.1. The molecule has 0 aromatic heterocycles. The molecule has 0 aliphatic heterocycles. The highest BCUT2D eigenvalue weighted by molar-refractivity contribution is 5.60. The number of nitrogens with one attached hydrogen (secondary N) is 1. The topological polar surface area (TPSA) is 24.4 Å². The molecule has 13 heavy (non-hydrogen) atoms. The molecule has 0 spiro atoms. The van der Waals surface area contributed by atoms with Crippen LogP contribution in [0.25, 0.3) is 0 Å². The first-order valence-electron chi connectivity index (χ1n) is 4.66. The number of aliphatic imine (C=N–C) groups is 1. The summed E-state index contributed by atoms with van der Waals surface area (Å²) >= 11 is 0. The number of hydrogen-bond donors (Lipinski definition) is 1. The summed E-state index contributed by atoms with van der Waals surface area (Å²) in [6, 6.07) is 0. The molecule has 0 saturated carbocycles. The van der Waals surface area contributed by atoms with Gasteiger partial charge in [0.15, 0.2) is 0 Å². The van der Waals surface area contributed by atoms with Gasteiger partial charge in [-0.2, -0.15) is 0 Å². The molecule has 0 fully saturated rings. The number of hydrogen-bond acceptors (Lipinski definition) is 2. The second-order valence-electron chi connectivity index (χ2n) is 3.31. The second-order valence-corrected chi connectivity index (χ2v) is 3.31. The quantitative estimate of drug-likeness (QED) is 0.363. The van der Waals surface area contributed by atoms with Crippen molar-refractivity contribution in [1.29, 1.82) is 0 Å². The molecule has 0 unspecified atom stereocenters. The standard InChI is InChI=1S/C11H20N2/c1-10(2)6-5-7-12-8-9-13-11(3)4/h9,12H,1,3,5-8H2,2,4H3/b13-9+. The molecular weight excluding hydrogens is 160 g/mol. The van der Waals surface area contributed by atoms with Gasteiger partial charge in [-0.25, -0.2) is 0 Å². The molecule has 0 heterocycles. The number of allylic oxidation sites excluding steroid dienone is 2. The Morgan fingerprint density at radius 3 is 2.62 bits per heavy atom. The molecular formula is C11H20N2. The van der Waals surface area contributed by atoms with E-state index < -0.39 is 0 Å².